The molecule has 7 heteroatoms. The number of rotatable bonds is 3. The topological polar surface area (TPSA) is 105 Å². The van der Waals surface area contributed by atoms with Gasteiger partial charge in [0.2, 0.25) is 0 Å². The fourth-order valence-corrected chi connectivity index (χ4v) is 1.80. The van der Waals surface area contributed by atoms with Gasteiger partial charge in [0.25, 0.3) is 0 Å². The molecule has 1 aromatic carbocycles. The number of nitrogens with one attached hydrogen (secondary N) is 2. The van der Waals surface area contributed by atoms with E-state index < -0.39 is 0 Å². The Balaban J connectivity index is 1.94. The minimum absolute atomic E-state index is 0.490. The van der Waals surface area contributed by atoms with Gasteiger partial charge in [-0.25, -0.2) is 0 Å². The van der Waals surface area contributed by atoms with Crippen molar-refractivity contribution in [3.05, 3.63) is 36.4 Å². The lowest BCUT2D eigenvalue weighted by atomic mass is 10.1. The highest BCUT2D eigenvalue weighted by atomic mass is 15.5. The summed E-state index contributed by atoms with van der Waals surface area (Å²) in [6.45, 7) is 0.490. The lowest BCUT2D eigenvalue weighted by molar-refractivity contribution is 0.881. The normalized spacial score (nSPS) is 10.7. The van der Waals surface area contributed by atoms with E-state index in [1.165, 1.54) is 0 Å². The Kier molecular flexibility index (Phi) is 2.49. The summed E-state index contributed by atoms with van der Waals surface area (Å²) in [6.07, 6.45) is 3.51. The van der Waals surface area contributed by atoms with Crippen molar-refractivity contribution in [2.45, 2.75) is 6.54 Å². The molecule has 0 spiro atoms. The van der Waals surface area contributed by atoms with Gasteiger partial charge in [-0.2, -0.15) is 5.21 Å². The molecule has 2 heterocycles. The molecule has 3 aromatic rings. The third kappa shape index (κ3) is 1.81. The predicted molar refractivity (Wildman–Crippen MR) is 67.7 cm³/mol. The van der Waals surface area contributed by atoms with Crippen LogP contribution in [0.15, 0.2) is 30.6 Å². The van der Waals surface area contributed by atoms with Gasteiger partial charge in [0.15, 0.2) is 5.82 Å². The molecule has 0 aliphatic carbocycles. The molecule has 0 saturated heterocycles. The molecule has 0 atom stereocenters. The molecule has 0 radical (unpaired) electrons. The number of hydrogen-bond acceptors (Lipinski definition) is 6. The highest BCUT2D eigenvalue weighted by molar-refractivity contribution is 6.00. The lowest BCUT2D eigenvalue weighted by Crippen LogP contribution is -2.02. The van der Waals surface area contributed by atoms with Crippen molar-refractivity contribution in [2.75, 3.05) is 11.1 Å². The number of pyridine rings is 1. The van der Waals surface area contributed by atoms with Crippen molar-refractivity contribution >= 4 is 22.1 Å². The summed E-state index contributed by atoms with van der Waals surface area (Å²) < 4.78 is 0. The Morgan fingerprint density at radius 1 is 1.22 bits per heavy atom. The maximum absolute atomic E-state index is 5.92. The van der Waals surface area contributed by atoms with Crippen molar-refractivity contribution < 1.29 is 0 Å². The third-order valence-corrected chi connectivity index (χ3v) is 2.68. The van der Waals surface area contributed by atoms with Crippen LogP contribution >= 0.6 is 0 Å². The van der Waals surface area contributed by atoms with Gasteiger partial charge in [0.1, 0.15) is 0 Å². The molecule has 0 amide bonds. The van der Waals surface area contributed by atoms with E-state index in [9.17, 15) is 0 Å². The maximum atomic E-state index is 5.92. The number of fused-ring (bicyclic) bond motifs is 1. The van der Waals surface area contributed by atoms with Gasteiger partial charge in [0, 0.05) is 34.5 Å². The first-order valence-electron chi connectivity index (χ1n) is 5.43. The van der Waals surface area contributed by atoms with E-state index in [0.717, 1.165) is 22.1 Å². The van der Waals surface area contributed by atoms with Crippen LogP contribution in [0, 0.1) is 0 Å². The van der Waals surface area contributed by atoms with Gasteiger partial charge < -0.3 is 11.1 Å². The number of nitrogen functional groups attached to an aromatic ring is 1. The number of H-pyrrole nitrogens is 1. The summed E-state index contributed by atoms with van der Waals surface area (Å²) in [4.78, 5) is 4.11. The van der Waals surface area contributed by atoms with E-state index >= 15 is 0 Å². The Morgan fingerprint density at radius 2 is 2.17 bits per heavy atom. The summed E-state index contributed by atoms with van der Waals surface area (Å²) in [7, 11) is 0. The fraction of sp³-hybridized carbons (Fsp3) is 0.0909. The Morgan fingerprint density at radius 3 is 3.00 bits per heavy atom. The van der Waals surface area contributed by atoms with E-state index in [4.69, 9.17) is 5.73 Å². The molecule has 0 aliphatic heterocycles. The van der Waals surface area contributed by atoms with Crippen LogP contribution in [0.1, 0.15) is 5.82 Å². The van der Waals surface area contributed by atoms with E-state index in [1.807, 2.05) is 18.2 Å². The molecule has 7 nitrogen and oxygen atoms in total. The number of anilines is 2. The number of tetrazole rings is 1. The summed E-state index contributed by atoms with van der Waals surface area (Å²) in [5.41, 5.74) is 7.60. The van der Waals surface area contributed by atoms with Crippen LogP contribution in [0.2, 0.25) is 0 Å². The number of nitrogens with zero attached hydrogens (tertiary/aromatic N) is 4. The molecule has 18 heavy (non-hydrogen) atoms. The van der Waals surface area contributed by atoms with Crippen molar-refractivity contribution in [3.63, 3.8) is 0 Å². The molecule has 0 fully saturated rings. The molecule has 4 N–H and O–H groups in total. The molecule has 90 valence electrons. The smallest absolute Gasteiger partial charge is 0.193 e. The second kappa shape index (κ2) is 4.28. The Labute approximate surface area is 102 Å². The maximum Gasteiger partial charge on any atom is 0.193 e. The third-order valence-electron chi connectivity index (χ3n) is 2.68. The van der Waals surface area contributed by atoms with E-state index in [-0.39, 0.29) is 0 Å². The standard InChI is InChI=1S/C11H11N7/c12-9-1-2-10(8-5-13-4-3-7(8)9)14-6-11-15-17-18-16-11/h1-5,14H,6,12H2,(H,15,16,17,18). The van der Waals surface area contributed by atoms with Crippen LogP contribution in [0.4, 0.5) is 11.4 Å². The molecule has 0 unspecified atom stereocenters. The van der Waals surface area contributed by atoms with Gasteiger partial charge in [0.05, 0.1) is 6.54 Å². The SMILES string of the molecule is Nc1ccc(NCc2nn[nH]n2)c2cnccc12. The predicted octanol–water partition coefficient (Wildman–Crippen LogP) is 0.942. The average molecular weight is 241 g/mol. The Bertz CT molecular complexity index is 662. The van der Waals surface area contributed by atoms with Crippen LogP contribution in [0.3, 0.4) is 0 Å². The first kappa shape index (κ1) is 10.5. The summed E-state index contributed by atoms with van der Waals surface area (Å²) in [5, 5.41) is 18.9. The molecular weight excluding hydrogens is 230 g/mol. The zero-order valence-electron chi connectivity index (χ0n) is 9.46. The van der Waals surface area contributed by atoms with Crippen molar-refractivity contribution in [1.82, 2.24) is 25.6 Å². The second-order valence-corrected chi connectivity index (χ2v) is 3.81. The van der Waals surface area contributed by atoms with E-state index in [0.29, 0.717) is 12.4 Å². The summed E-state index contributed by atoms with van der Waals surface area (Å²) in [5.74, 6) is 0.601. The lowest BCUT2D eigenvalue weighted by Gasteiger charge is -2.09. The van der Waals surface area contributed by atoms with Crippen LogP contribution in [-0.2, 0) is 6.54 Å². The molecule has 0 aliphatic rings. The van der Waals surface area contributed by atoms with Crippen molar-refractivity contribution in [1.29, 1.82) is 0 Å². The van der Waals surface area contributed by atoms with Gasteiger partial charge in [-0.15, -0.1) is 10.2 Å². The number of benzene rings is 1. The minimum atomic E-state index is 0.490. The van der Waals surface area contributed by atoms with Crippen molar-refractivity contribution in [2.24, 2.45) is 0 Å². The molecule has 2 aromatic heterocycles. The quantitative estimate of drug-likeness (QED) is 0.589. The highest BCUT2D eigenvalue weighted by Gasteiger charge is 2.05. The zero-order valence-corrected chi connectivity index (χ0v) is 9.46. The van der Waals surface area contributed by atoms with Crippen molar-refractivity contribution in [3.8, 4) is 0 Å². The van der Waals surface area contributed by atoms with Crippen LogP contribution in [-0.4, -0.2) is 25.6 Å². The summed E-state index contributed by atoms with van der Waals surface area (Å²) in [6, 6.07) is 5.67. The van der Waals surface area contributed by atoms with E-state index in [1.54, 1.807) is 12.4 Å². The average Bonchev–Trinajstić information content (AvgIpc) is 2.92. The fourth-order valence-electron chi connectivity index (χ4n) is 1.80. The van der Waals surface area contributed by atoms with Crippen LogP contribution in [0.25, 0.3) is 10.8 Å². The molecular formula is C11H11N7. The highest BCUT2D eigenvalue weighted by Crippen LogP contribution is 2.27. The van der Waals surface area contributed by atoms with Gasteiger partial charge in [-0.05, 0) is 18.2 Å². The first-order chi connectivity index (χ1) is 8.84. The van der Waals surface area contributed by atoms with Gasteiger partial charge in [-0.1, -0.05) is 5.21 Å². The largest absolute Gasteiger partial charge is 0.398 e. The number of aromatic amines is 1. The monoisotopic (exact) mass is 241 g/mol. The first-order valence-corrected chi connectivity index (χ1v) is 5.43. The van der Waals surface area contributed by atoms with Gasteiger partial charge >= 0.3 is 0 Å². The van der Waals surface area contributed by atoms with Crippen LogP contribution in [0.5, 0.6) is 0 Å². The number of hydrogen-bond donors (Lipinski definition) is 3. The Hall–Kier alpha value is -2.70. The summed E-state index contributed by atoms with van der Waals surface area (Å²) >= 11 is 0. The van der Waals surface area contributed by atoms with Gasteiger partial charge in [-0.3, -0.25) is 4.98 Å². The molecule has 0 saturated carbocycles. The molecule has 3 rings (SSSR count). The van der Waals surface area contributed by atoms with E-state index in [2.05, 4.69) is 30.9 Å². The molecule has 0 bridgehead atoms. The number of aromatic nitrogens is 5. The zero-order chi connectivity index (χ0) is 12.4. The van der Waals surface area contributed by atoms with Crippen LogP contribution < -0.4 is 11.1 Å². The number of nitrogens with two attached hydrogens (primary N) is 1. The minimum Gasteiger partial charge on any atom is -0.398 e. The second-order valence-electron chi connectivity index (χ2n) is 3.81.